The van der Waals surface area contributed by atoms with Gasteiger partial charge in [-0.1, -0.05) is 54.6 Å². The first-order chi connectivity index (χ1) is 9.78. The van der Waals surface area contributed by atoms with Crippen molar-refractivity contribution >= 4 is 0 Å². The van der Waals surface area contributed by atoms with Gasteiger partial charge in [0.25, 0.3) is 0 Å². The molecule has 20 heavy (non-hydrogen) atoms. The molecule has 0 aliphatic rings. The topological polar surface area (TPSA) is 21.3 Å². The normalized spacial score (nSPS) is 10.2. The van der Waals surface area contributed by atoms with E-state index in [1.807, 2.05) is 12.1 Å². The molecule has 0 saturated heterocycles. The standard InChI is InChI=1S/C18H21NO/c1-3-11-20-18-9-7-16(8-10-18)13-19-14-17-6-4-5-15(2)12-17/h3-10,12,19H,1,11,13-14H2,2H3. The highest BCUT2D eigenvalue weighted by Crippen LogP contribution is 2.12. The smallest absolute Gasteiger partial charge is 0.119 e. The van der Waals surface area contributed by atoms with E-state index in [4.69, 9.17) is 4.74 Å². The summed E-state index contributed by atoms with van der Waals surface area (Å²) >= 11 is 0. The molecule has 2 aromatic rings. The van der Waals surface area contributed by atoms with E-state index in [1.54, 1.807) is 6.08 Å². The number of benzene rings is 2. The molecule has 0 aromatic heterocycles. The average Bonchev–Trinajstić information content (AvgIpc) is 2.46. The lowest BCUT2D eigenvalue weighted by Gasteiger charge is -2.07. The van der Waals surface area contributed by atoms with Crippen LogP contribution < -0.4 is 10.1 Å². The molecule has 0 saturated carbocycles. The fourth-order valence-electron chi connectivity index (χ4n) is 2.03. The summed E-state index contributed by atoms with van der Waals surface area (Å²) in [6.07, 6.45) is 1.75. The first-order valence-corrected chi connectivity index (χ1v) is 6.87. The molecule has 0 unspecified atom stereocenters. The van der Waals surface area contributed by atoms with Crippen LogP contribution in [-0.4, -0.2) is 6.61 Å². The molecule has 0 aliphatic heterocycles. The van der Waals surface area contributed by atoms with E-state index in [-0.39, 0.29) is 0 Å². The maximum absolute atomic E-state index is 5.46. The summed E-state index contributed by atoms with van der Waals surface area (Å²) in [5.41, 5.74) is 3.87. The zero-order valence-electron chi connectivity index (χ0n) is 11.9. The Balaban J connectivity index is 1.80. The number of aryl methyl sites for hydroxylation is 1. The van der Waals surface area contributed by atoms with Gasteiger partial charge < -0.3 is 10.1 Å². The van der Waals surface area contributed by atoms with E-state index in [2.05, 4.69) is 55.2 Å². The summed E-state index contributed by atoms with van der Waals surface area (Å²) in [4.78, 5) is 0. The van der Waals surface area contributed by atoms with Crippen LogP contribution in [0.3, 0.4) is 0 Å². The highest BCUT2D eigenvalue weighted by molar-refractivity contribution is 5.27. The molecular weight excluding hydrogens is 246 g/mol. The number of ether oxygens (including phenoxy) is 1. The van der Waals surface area contributed by atoms with E-state index in [1.165, 1.54) is 16.7 Å². The fraction of sp³-hybridized carbons (Fsp3) is 0.222. The summed E-state index contributed by atoms with van der Waals surface area (Å²) < 4.78 is 5.46. The predicted octanol–water partition coefficient (Wildman–Crippen LogP) is 3.85. The van der Waals surface area contributed by atoms with Gasteiger partial charge in [0.1, 0.15) is 12.4 Å². The Morgan fingerprint density at radius 3 is 2.50 bits per heavy atom. The minimum atomic E-state index is 0.547. The van der Waals surface area contributed by atoms with Crippen LogP contribution in [0.15, 0.2) is 61.2 Å². The van der Waals surface area contributed by atoms with Gasteiger partial charge in [0, 0.05) is 13.1 Å². The molecule has 0 aliphatic carbocycles. The Morgan fingerprint density at radius 1 is 1.05 bits per heavy atom. The van der Waals surface area contributed by atoms with Gasteiger partial charge in [-0.2, -0.15) is 0 Å². The molecule has 0 radical (unpaired) electrons. The van der Waals surface area contributed by atoms with Crippen LogP contribution in [0, 0.1) is 6.92 Å². The minimum Gasteiger partial charge on any atom is -0.490 e. The summed E-state index contributed by atoms with van der Waals surface area (Å²) in [7, 11) is 0. The summed E-state index contributed by atoms with van der Waals surface area (Å²) in [5, 5.41) is 3.45. The van der Waals surface area contributed by atoms with Crippen molar-refractivity contribution in [1.82, 2.24) is 5.32 Å². The maximum Gasteiger partial charge on any atom is 0.119 e. The monoisotopic (exact) mass is 267 g/mol. The number of hydrogen-bond donors (Lipinski definition) is 1. The lowest BCUT2D eigenvalue weighted by Crippen LogP contribution is -2.12. The molecule has 0 bridgehead atoms. The molecule has 1 N–H and O–H groups in total. The van der Waals surface area contributed by atoms with E-state index in [0.29, 0.717) is 6.61 Å². The fourth-order valence-corrected chi connectivity index (χ4v) is 2.03. The van der Waals surface area contributed by atoms with Gasteiger partial charge in [-0.15, -0.1) is 0 Å². The molecule has 2 aromatic carbocycles. The van der Waals surface area contributed by atoms with E-state index >= 15 is 0 Å². The molecule has 0 fully saturated rings. The molecule has 0 heterocycles. The van der Waals surface area contributed by atoms with Crippen LogP contribution in [0.4, 0.5) is 0 Å². The van der Waals surface area contributed by atoms with Crippen molar-refractivity contribution < 1.29 is 4.74 Å². The Kier molecular flexibility index (Phi) is 5.39. The van der Waals surface area contributed by atoms with Gasteiger partial charge in [0.05, 0.1) is 0 Å². The number of nitrogens with one attached hydrogen (secondary N) is 1. The number of hydrogen-bond acceptors (Lipinski definition) is 2. The molecule has 104 valence electrons. The van der Waals surface area contributed by atoms with Crippen molar-refractivity contribution in [3.05, 3.63) is 77.9 Å². The highest BCUT2D eigenvalue weighted by Gasteiger charge is 1.96. The van der Waals surface area contributed by atoms with Crippen LogP contribution >= 0.6 is 0 Å². The van der Waals surface area contributed by atoms with Crippen molar-refractivity contribution in [2.45, 2.75) is 20.0 Å². The largest absolute Gasteiger partial charge is 0.490 e. The second kappa shape index (κ2) is 7.51. The minimum absolute atomic E-state index is 0.547. The van der Waals surface area contributed by atoms with Gasteiger partial charge in [0.2, 0.25) is 0 Å². The van der Waals surface area contributed by atoms with Gasteiger partial charge in [-0.25, -0.2) is 0 Å². The van der Waals surface area contributed by atoms with E-state index in [0.717, 1.165) is 18.8 Å². The average molecular weight is 267 g/mol. The second-order valence-electron chi connectivity index (χ2n) is 4.84. The quantitative estimate of drug-likeness (QED) is 0.769. The molecule has 2 rings (SSSR count). The highest BCUT2D eigenvalue weighted by atomic mass is 16.5. The molecule has 0 spiro atoms. The van der Waals surface area contributed by atoms with Gasteiger partial charge >= 0.3 is 0 Å². The Morgan fingerprint density at radius 2 is 1.80 bits per heavy atom. The van der Waals surface area contributed by atoms with Crippen molar-refractivity contribution in [3.63, 3.8) is 0 Å². The lowest BCUT2D eigenvalue weighted by atomic mass is 10.1. The Bertz CT molecular complexity index is 546. The lowest BCUT2D eigenvalue weighted by molar-refractivity contribution is 0.363. The molecule has 2 nitrogen and oxygen atoms in total. The third-order valence-electron chi connectivity index (χ3n) is 3.03. The zero-order chi connectivity index (χ0) is 14.2. The molecule has 0 atom stereocenters. The Labute approximate surface area is 121 Å². The molecule has 0 amide bonds. The van der Waals surface area contributed by atoms with Gasteiger partial charge in [-0.3, -0.25) is 0 Å². The van der Waals surface area contributed by atoms with Crippen LogP contribution in [0.1, 0.15) is 16.7 Å². The van der Waals surface area contributed by atoms with Gasteiger partial charge in [-0.05, 0) is 30.2 Å². The SMILES string of the molecule is C=CCOc1ccc(CNCc2cccc(C)c2)cc1. The van der Waals surface area contributed by atoms with Crippen molar-refractivity contribution in [1.29, 1.82) is 0 Å². The second-order valence-corrected chi connectivity index (χ2v) is 4.84. The Hall–Kier alpha value is -2.06. The summed E-state index contributed by atoms with van der Waals surface area (Å²) in [6, 6.07) is 16.7. The molecule has 2 heteroatoms. The van der Waals surface area contributed by atoms with Crippen LogP contribution in [0.25, 0.3) is 0 Å². The van der Waals surface area contributed by atoms with Crippen molar-refractivity contribution in [2.24, 2.45) is 0 Å². The summed E-state index contributed by atoms with van der Waals surface area (Å²) in [6.45, 7) is 8.04. The van der Waals surface area contributed by atoms with Crippen LogP contribution in [0.5, 0.6) is 5.75 Å². The third kappa shape index (κ3) is 4.56. The maximum atomic E-state index is 5.46. The van der Waals surface area contributed by atoms with Gasteiger partial charge in [0.15, 0.2) is 0 Å². The van der Waals surface area contributed by atoms with Crippen LogP contribution in [0.2, 0.25) is 0 Å². The first kappa shape index (κ1) is 14.4. The van der Waals surface area contributed by atoms with Crippen molar-refractivity contribution in [2.75, 3.05) is 6.61 Å². The zero-order valence-corrected chi connectivity index (χ0v) is 11.9. The van der Waals surface area contributed by atoms with Crippen molar-refractivity contribution in [3.8, 4) is 5.75 Å². The molecular formula is C18H21NO. The van der Waals surface area contributed by atoms with E-state index in [9.17, 15) is 0 Å². The van der Waals surface area contributed by atoms with E-state index < -0.39 is 0 Å². The number of rotatable bonds is 7. The third-order valence-corrected chi connectivity index (χ3v) is 3.03. The summed E-state index contributed by atoms with van der Waals surface area (Å²) in [5.74, 6) is 0.882. The van der Waals surface area contributed by atoms with Crippen LogP contribution in [-0.2, 0) is 13.1 Å². The first-order valence-electron chi connectivity index (χ1n) is 6.87. The predicted molar refractivity (Wildman–Crippen MR) is 83.9 cm³/mol.